The van der Waals surface area contributed by atoms with Crippen molar-refractivity contribution in [2.24, 2.45) is 0 Å². The van der Waals surface area contributed by atoms with Gasteiger partial charge in [-0.3, -0.25) is 0 Å². The molecule has 0 amide bonds. The maximum atomic E-state index is 10.5. The second-order valence-corrected chi connectivity index (χ2v) is 3.69. The van der Waals surface area contributed by atoms with Crippen LogP contribution in [0.25, 0.3) is 10.8 Å². The molecule has 72 valence electrons. The Hall–Kier alpha value is -1.62. The Bertz CT molecular complexity index is 472. The van der Waals surface area contributed by atoms with Crippen LogP contribution in [0.5, 0.6) is 0 Å². The zero-order chi connectivity index (χ0) is 10.1. The van der Waals surface area contributed by atoms with Gasteiger partial charge in [-0.25, -0.2) is 9.78 Å². The maximum absolute atomic E-state index is 10.5. The Labute approximate surface area is 83.8 Å². The molecule has 4 nitrogen and oxygen atoms in total. The lowest BCUT2D eigenvalue weighted by Crippen LogP contribution is -1.95. The van der Waals surface area contributed by atoms with Crippen LogP contribution in [0.1, 0.15) is 16.1 Å². The molecule has 0 unspecified atom stereocenters. The van der Waals surface area contributed by atoms with Crippen LogP contribution in [-0.4, -0.2) is 16.1 Å². The second kappa shape index (κ2) is 3.26. The number of rotatable bonds is 2. The van der Waals surface area contributed by atoms with Crippen LogP contribution in [0.2, 0.25) is 0 Å². The highest BCUT2D eigenvalue weighted by Crippen LogP contribution is 2.27. The van der Waals surface area contributed by atoms with E-state index in [2.05, 4.69) is 4.98 Å². The molecule has 0 saturated carbocycles. The SMILES string of the molecule is Cc1ccsc1-c1nc(C(=O)O)co1. The van der Waals surface area contributed by atoms with Crippen LogP contribution in [0, 0.1) is 6.92 Å². The van der Waals surface area contributed by atoms with Gasteiger partial charge in [-0.05, 0) is 23.9 Å². The van der Waals surface area contributed by atoms with Gasteiger partial charge in [0.1, 0.15) is 6.26 Å². The highest BCUT2D eigenvalue weighted by atomic mass is 32.1. The number of carbonyl (C=O) groups is 1. The van der Waals surface area contributed by atoms with Crippen LogP contribution in [0.4, 0.5) is 0 Å². The monoisotopic (exact) mass is 209 g/mol. The molecule has 2 aromatic heterocycles. The van der Waals surface area contributed by atoms with Crippen LogP contribution in [0.15, 0.2) is 22.1 Å². The number of aromatic nitrogens is 1. The second-order valence-electron chi connectivity index (χ2n) is 2.78. The van der Waals surface area contributed by atoms with Crippen LogP contribution < -0.4 is 0 Å². The van der Waals surface area contributed by atoms with Gasteiger partial charge in [0.2, 0.25) is 5.89 Å². The lowest BCUT2D eigenvalue weighted by atomic mass is 10.3. The van der Waals surface area contributed by atoms with E-state index in [1.54, 1.807) is 0 Å². The molecule has 0 spiro atoms. The number of aromatic carboxylic acids is 1. The van der Waals surface area contributed by atoms with E-state index >= 15 is 0 Å². The molecule has 0 radical (unpaired) electrons. The summed E-state index contributed by atoms with van der Waals surface area (Å²) in [6.07, 6.45) is 1.15. The third-order valence-corrected chi connectivity index (χ3v) is 2.78. The van der Waals surface area contributed by atoms with Gasteiger partial charge >= 0.3 is 5.97 Å². The van der Waals surface area contributed by atoms with Crippen molar-refractivity contribution < 1.29 is 14.3 Å². The van der Waals surface area contributed by atoms with E-state index in [1.165, 1.54) is 11.3 Å². The van der Waals surface area contributed by atoms with Crippen LogP contribution in [0.3, 0.4) is 0 Å². The zero-order valence-corrected chi connectivity index (χ0v) is 8.17. The number of carboxylic acids is 1. The molecule has 0 bridgehead atoms. The normalized spacial score (nSPS) is 10.4. The molecule has 0 aliphatic rings. The Morgan fingerprint density at radius 1 is 1.64 bits per heavy atom. The lowest BCUT2D eigenvalue weighted by Gasteiger charge is -1.89. The largest absolute Gasteiger partial charge is 0.476 e. The summed E-state index contributed by atoms with van der Waals surface area (Å²) < 4.78 is 5.07. The van der Waals surface area contributed by atoms with Crippen molar-refractivity contribution in [2.45, 2.75) is 6.92 Å². The molecule has 14 heavy (non-hydrogen) atoms. The Morgan fingerprint density at radius 3 is 2.93 bits per heavy atom. The summed E-state index contributed by atoms with van der Waals surface area (Å²) in [7, 11) is 0. The summed E-state index contributed by atoms with van der Waals surface area (Å²) in [5, 5.41) is 10.6. The topological polar surface area (TPSA) is 63.3 Å². The van der Waals surface area contributed by atoms with Gasteiger partial charge in [-0.1, -0.05) is 0 Å². The smallest absolute Gasteiger partial charge is 0.357 e. The van der Waals surface area contributed by atoms with E-state index < -0.39 is 5.97 Å². The molecule has 5 heteroatoms. The molecule has 0 atom stereocenters. The number of oxazole rings is 1. The van der Waals surface area contributed by atoms with E-state index in [1.807, 2.05) is 18.4 Å². The molecule has 0 aliphatic heterocycles. The van der Waals surface area contributed by atoms with Gasteiger partial charge in [-0.15, -0.1) is 11.3 Å². The minimum absolute atomic E-state index is 0.0622. The third-order valence-electron chi connectivity index (χ3n) is 1.78. The van der Waals surface area contributed by atoms with Crippen molar-refractivity contribution in [3.8, 4) is 10.8 Å². The Kier molecular flexibility index (Phi) is 2.09. The van der Waals surface area contributed by atoms with Crippen LogP contribution in [-0.2, 0) is 0 Å². The number of carboxylic acid groups (broad SMARTS) is 1. The van der Waals surface area contributed by atoms with E-state index in [9.17, 15) is 4.79 Å². The number of hydrogen-bond donors (Lipinski definition) is 1. The zero-order valence-electron chi connectivity index (χ0n) is 7.35. The van der Waals surface area contributed by atoms with E-state index in [4.69, 9.17) is 9.52 Å². The predicted octanol–water partition coefficient (Wildman–Crippen LogP) is 2.41. The van der Waals surface area contributed by atoms with E-state index in [0.29, 0.717) is 5.89 Å². The number of nitrogens with zero attached hydrogens (tertiary/aromatic N) is 1. The molecule has 2 heterocycles. The average molecular weight is 209 g/mol. The van der Waals surface area contributed by atoms with Crippen molar-refractivity contribution in [2.75, 3.05) is 0 Å². The summed E-state index contributed by atoms with van der Waals surface area (Å²) in [5.41, 5.74) is 0.974. The first-order chi connectivity index (χ1) is 6.68. The standard InChI is InChI=1S/C9H7NO3S/c1-5-2-3-14-7(5)8-10-6(4-13-8)9(11)12/h2-4H,1H3,(H,11,12). The van der Waals surface area contributed by atoms with Crippen molar-refractivity contribution >= 4 is 17.3 Å². The highest BCUT2D eigenvalue weighted by molar-refractivity contribution is 7.13. The molecule has 0 aliphatic carbocycles. The van der Waals surface area contributed by atoms with Gasteiger partial charge in [0.15, 0.2) is 5.69 Å². The minimum atomic E-state index is -1.07. The molecular weight excluding hydrogens is 202 g/mol. The van der Waals surface area contributed by atoms with Gasteiger partial charge in [0.25, 0.3) is 0 Å². The lowest BCUT2D eigenvalue weighted by molar-refractivity contribution is 0.0690. The molecule has 2 rings (SSSR count). The fourth-order valence-electron chi connectivity index (χ4n) is 1.07. The van der Waals surface area contributed by atoms with Gasteiger partial charge in [0.05, 0.1) is 4.88 Å². The van der Waals surface area contributed by atoms with E-state index in [-0.39, 0.29) is 5.69 Å². The number of hydrogen-bond acceptors (Lipinski definition) is 4. The van der Waals surface area contributed by atoms with Crippen molar-refractivity contribution in [3.05, 3.63) is 29.0 Å². The summed E-state index contributed by atoms with van der Waals surface area (Å²) in [6.45, 7) is 1.93. The first-order valence-corrected chi connectivity index (χ1v) is 4.79. The number of thiophene rings is 1. The first-order valence-electron chi connectivity index (χ1n) is 3.92. The highest BCUT2D eigenvalue weighted by Gasteiger charge is 2.13. The van der Waals surface area contributed by atoms with Crippen molar-refractivity contribution in [3.63, 3.8) is 0 Å². The fourth-order valence-corrected chi connectivity index (χ4v) is 1.92. The summed E-state index contributed by atoms with van der Waals surface area (Å²) in [4.78, 5) is 15.3. The molecular formula is C9H7NO3S. The van der Waals surface area contributed by atoms with Crippen LogP contribution >= 0.6 is 11.3 Å². The Balaban J connectivity index is 2.43. The maximum Gasteiger partial charge on any atom is 0.357 e. The van der Waals surface area contributed by atoms with Gasteiger partial charge in [0, 0.05) is 0 Å². The molecule has 0 fully saturated rings. The third kappa shape index (κ3) is 1.42. The fraction of sp³-hybridized carbons (Fsp3) is 0.111. The quantitative estimate of drug-likeness (QED) is 0.824. The summed E-state index contributed by atoms with van der Waals surface area (Å²) in [5.74, 6) is -0.705. The predicted molar refractivity (Wildman–Crippen MR) is 51.5 cm³/mol. The molecule has 0 aromatic carbocycles. The van der Waals surface area contributed by atoms with Gasteiger partial charge in [-0.2, -0.15) is 0 Å². The average Bonchev–Trinajstić information content (AvgIpc) is 2.71. The molecule has 0 saturated heterocycles. The van der Waals surface area contributed by atoms with Crippen molar-refractivity contribution in [1.29, 1.82) is 0 Å². The van der Waals surface area contributed by atoms with E-state index in [0.717, 1.165) is 16.7 Å². The summed E-state index contributed by atoms with van der Waals surface area (Å²) in [6, 6.07) is 1.94. The Morgan fingerprint density at radius 2 is 2.43 bits per heavy atom. The minimum Gasteiger partial charge on any atom is -0.476 e. The van der Waals surface area contributed by atoms with Gasteiger partial charge < -0.3 is 9.52 Å². The van der Waals surface area contributed by atoms with Crippen molar-refractivity contribution in [1.82, 2.24) is 4.98 Å². The number of aryl methyl sites for hydroxylation is 1. The molecule has 1 N–H and O–H groups in total. The summed E-state index contributed by atoms with van der Waals surface area (Å²) >= 11 is 1.48. The molecule has 2 aromatic rings. The first kappa shape index (κ1) is 8.96.